The highest BCUT2D eigenvalue weighted by Gasteiger charge is 2.17. The second-order valence-corrected chi connectivity index (χ2v) is 9.10. The highest BCUT2D eigenvalue weighted by Crippen LogP contribution is 2.25. The van der Waals surface area contributed by atoms with Crippen LogP contribution in [-0.4, -0.2) is 38.9 Å². The molecule has 0 saturated heterocycles. The largest absolute Gasteiger partial charge is 0.457 e. The normalized spacial score (nSPS) is 10.9. The van der Waals surface area contributed by atoms with Crippen molar-refractivity contribution >= 4 is 46.5 Å². The maximum atomic E-state index is 12.2. The van der Waals surface area contributed by atoms with Gasteiger partial charge in [-0.1, -0.05) is 23.4 Å². The van der Waals surface area contributed by atoms with Crippen LogP contribution < -0.4 is 0 Å². The molecular formula is C20H20ClN3O3S2. The molecule has 0 spiro atoms. The van der Waals surface area contributed by atoms with Crippen molar-refractivity contribution in [2.45, 2.75) is 32.5 Å². The van der Waals surface area contributed by atoms with Crippen LogP contribution in [0.4, 0.5) is 0 Å². The zero-order valence-electron chi connectivity index (χ0n) is 16.3. The maximum Gasteiger partial charge on any atom is 0.316 e. The SMILES string of the molecule is CCn1c(SCC(=O)OCC(=O)c2cc(C)sc2C)nnc1-c1ccc(Cl)cc1. The van der Waals surface area contributed by atoms with Crippen molar-refractivity contribution < 1.29 is 14.3 Å². The van der Waals surface area contributed by atoms with Gasteiger partial charge in [-0.2, -0.15) is 0 Å². The lowest BCUT2D eigenvalue weighted by Crippen LogP contribution is -2.16. The highest BCUT2D eigenvalue weighted by atomic mass is 35.5. The second kappa shape index (κ2) is 9.56. The van der Waals surface area contributed by atoms with Gasteiger partial charge in [0.1, 0.15) is 0 Å². The van der Waals surface area contributed by atoms with Gasteiger partial charge in [-0.15, -0.1) is 21.5 Å². The van der Waals surface area contributed by atoms with E-state index in [2.05, 4.69) is 10.2 Å². The molecule has 0 aliphatic heterocycles. The zero-order chi connectivity index (χ0) is 21.0. The van der Waals surface area contributed by atoms with Crippen molar-refractivity contribution in [2.75, 3.05) is 12.4 Å². The summed E-state index contributed by atoms with van der Waals surface area (Å²) in [6, 6.07) is 9.17. The lowest BCUT2D eigenvalue weighted by atomic mass is 10.2. The van der Waals surface area contributed by atoms with E-state index in [0.29, 0.717) is 28.1 Å². The number of Topliss-reactive ketones (excluding diaryl/α,β-unsaturated/α-hetero) is 1. The molecule has 29 heavy (non-hydrogen) atoms. The number of aryl methyl sites for hydroxylation is 2. The minimum atomic E-state index is -0.466. The number of hydrogen-bond donors (Lipinski definition) is 0. The zero-order valence-corrected chi connectivity index (χ0v) is 18.7. The van der Waals surface area contributed by atoms with Crippen LogP contribution in [0.25, 0.3) is 11.4 Å². The number of thiophene rings is 1. The van der Waals surface area contributed by atoms with Crippen molar-refractivity contribution in [3.63, 3.8) is 0 Å². The molecule has 0 unspecified atom stereocenters. The second-order valence-electron chi connectivity index (χ2n) is 6.26. The molecule has 3 aromatic rings. The fourth-order valence-corrected chi connectivity index (χ4v) is 4.66. The van der Waals surface area contributed by atoms with Crippen LogP contribution in [0, 0.1) is 13.8 Å². The molecule has 2 aromatic heterocycles. The smallest absolute Gasteiger partial charge is 0.316 e. The number of carbonyl (C=O) groups excluding carboxylic acids is 2. The number of ketones is 1. The van der Waals surface area contributed by atoms with E-state index in [1.54, 1.807) is 23.5 Å². The van der Waals surface area contributed by atoms with E-state index in [1.165, 1.54) is 11.8 Å². The standard InChI is InChI=1S/C20H20ClN3O3S2/c1-4-24-19(14-5-7-15(21)8-6-14)22-23-20(24)28-11-18(26)27-10-17(25)16-9-12(2)29-13(16)3/h5-9H,4,10-11H2,1-3H3. The number of carbonyl (C=O) groups is 2. The Bertz CT molecular complexity index is 1030. The fraction of sp³-hybridized carbons (Fsp3) is 0.300. The van der Waals surface area contributed by atoms with Crippen molar-refractivity contribution in [3.05, 3.63) is 50.7 Å². The molecule has 2 heterocycles. The predicted octanol–water partition coefficient (Wildman–Crippen LogP) is 4.81. The van der Waals surface area contributed by atoms with Gasteiger partial charge in [-0.3, -0.25) is 9.59 Å². The number of aromatic nitrogens is 3. The van der Waals surface area contributed by atoms with Crippen LogP contribution in [0.5, 0.6) is 0 Å². The third-order valence-electron chi connectivity index (χ3n) is 4.16. The summed E-state index contributed by atoms with van der Waals surface area (Å²) in [4.78, 5) is 26.3. The van der Waals surface area contributed by atoms with E-state index in [1.807, 2.05) is 43.5 Å². The first-order chi connectivity index (χ1) is 13.9. The first-order valence-corrected chi connectivity index (χ1v) is 11.1. The van der Waals surface area contributed by atoms with Gasteiger partial charge in [-0.25, -0.2) is 0 Å². The van der Waals surface area contributed by atoms with E-state index in [9.17, 15) is 9.59 Å². The Morgan fingerprint density at radius 1 is 1.21 bits per heavy atom. The Balaban J connectivity index is 1.58. The average Bonchev–Trinajstić information content (AvgIpc) is 3.27. The maximum absolute atomic E-state index is 12.2. The lowest BCUT2D eigenvalue weighted by molar-refractivity contribution is -0.139. The summed E-state index contributed by atoms with van der Waals surface area (Å²) in [7, 11) is 0. The summed E-state index contributed by atoms with van der Waals surface area (Å²) in [5.74, 6) is 0.102. The van der Waals surface area contributed by atoms with Crippen molar-refractivity contribution in [1.29, 1.82) is 0 Å². The Labute approximate surface area is 182 Å². The summed E-state index contributed by atoms with van der Waals surface area (Å²) in [5, 5.41) is 9.68. The van der Waals surface area contributed by atoms with Gasteiger partial charge in [0.2, 0.25) is 5.78 Å². The first kappa shape index (κ1) is 21.5. The summed E-state index contributed by atoms with van der Waals surface area (Å²) >= 11 is 8.73. The van der Waals surface area contributed by atoms with Crippen LogP contribution in [0.1, 0.15) is 27.0 Å². The Kier molecular flexibility index (Phi) is 7.10. The molecule has 6 nitrogen and oxygen atoms in total. The summed E-state index contributed by atoms with van der Waals surface area (Å²) in [6.07, 6.45) is 0. The third-order valence-corrected chi connectivity index (χ3v) is 6.32. The minimum absolute atomic E-state index is 0.0493. The number of esters is 1. The topological polar surface area (TPSA) is 74.1 Å². The number of hydrogen-bond acceptors (Lipinski definition) is 7. The van der Waals surface area contributed by atoms with Crippen LogP contribution in [0.3, 0.4) is 0 Å². The minimum Gasteiger partial charge on any atom is -0.457 e. The third kappa shape index (κ3) is 5.26. The van der Waals surface area contributed by atoms with E-state index in [4.69, 9.17) is 16.3 Å². The molecular weight excluding hydrogens is 430 g/mol. The molecule has 0 aliphatic rings. The van der Waals surface area contributed by atoms with Crippen LogP contribution in [0.15, 0.2) is 35.5 Å². The first-order valence-electron chi connectivity index (χ1n) is 8.96. The van der Waals surface area contributed by atoms with Gasteiger partial charge in [0.15, 0.2) is 17.6 Å². The average molecular weight is 450 g/mol. The van der Waals surface area contributed by atoms with Gasteiger partial charge in [0.05, 0.1) is 5.75 Å². The van der Waals surface area contributed by atoms with Gasteiger partial charge in [0.25, 0.3) is 0 Å². The molecule has 0 N–H and O–H groups in total. The molecule has 0 aliphatic carbocycles. The van der Waals surface area contributed by atoms with E-state index in [-0.39, 0.29) is 18.1 Å². The Hall–Kier alpha value is -2.16. The Morgan fingerprint density at radius 2 is 1.93 bits per heavy atom. The van der Waals surface area contributed by atoms with E-state index in [0.717, 1.165) is 15.3 Å². The predicted molar refractivity (Wildman–Crippen MR) is 116 cm³/mol. The van der Waals surface area contributed by atoms with Crippen molar-refractivity contribution in [2.24, 2.45) is 0 Å². The molecule has 3 rings (SSSR count). The van der Waals surface area contributed by atoms with Crippen LogP contribution >= 0.6 is 34.7 Å². The van der Waals surface area contributed by atoms with Crippen molar-refractivity contribution in [3.8, 4) is 11.4 Å². The van der Waals surface area contributed by atoms with Crippen LogP contribution in [-0.2, 0) is 16.1 Å². The molecule has 0 radical (unpaired) electrons. The monoisotopic (exact) mass is 449 g/mol. The number of halogens is 1. The molecule has 9 heteroatoms. The molecule has 152 valence electrons. The summed E-state index contributed by atoms with van der Waals surface area (Å²) in [5.41, 5.74) is 1.51. The number of benzene rings is 1. The van der Waals surface area contributed by atoms with E-state index >= 15 is 0 Å². The van der Waals surface area contributed by atoms with Gasteiger partial charge < -0.3 is 9.30 Å². The number of thioether (sulfide) groups is 1. The molecule has 0 fully saturated rings. The van der Waals surface area contributed by atoms with Crippen molar-refractivity contribution in [1.82, 2.24) is 14.8 Å². The fourth-order valence-electron chi connectivity index (χ4n) is 2.79. The molecule has 0 bridgehead atoms. The molecule has 0 atom stereocenters. The highest BCUT2D eigenvalue weighted by molar-refractivity contribution is 7.99. The van der Waals surface area contributed by atoms with Gasteiger partial charge in [0, 0.05) is 32.4 Å². The number of rotatable bonds is 8. The quantitative estimate of drug-likeness (QED) is 0.279. The summed E-state index contributed by atoms with van der Waals surface area (Å²) in [6.45, 7) is 6.21. The lowest BCUT2D eigenvalue weighted by Gasteiger charge is -2.07. The van der Waals surface area contributed by atoms with Gasteiger partial charge in [-0.05, 0) is 51.1 Å². The van der Waals surface area contributed by atoms with Gasteiger partial charge >= 0.3 is 5.97 Å². The van der Waals surface area contributed by atoms with Crippen LogP contribution in [0.2, 0.25) is 5.02 Å². The molecule has 0 saturated carbocycles. The number of nitrogens with zero attached hydrogens (tertiary/aromatic N) is 3. The summed E-state index contributed by atoms with van der Waals surface area (Å²) < 4.78 is 7.07. The Morgan fingerprint density at radius 3 is 2.55 bits per heavy atom. The number of ether oxygens (including phenoxy) is 1. The molecule has 0 amide bonds. The molecule has 1 aromatic carbocycles. The van der Waals surface area contributed by atoms with E-state index < -0.39 is 5.97 Å².